The summed E-state index contributed by atoms with van der Waals surface area (Å²) in [5, 5.41) is 17.9. The summed E-state index contributed by atoms with van der Waals surface area (Å²) in [5.41, 5.74) is 0.762. The zero-order valence-electron chi connectivity index (χ0n) is 12.6. The fourth-order valence-electron chi connectivity index (χ4n) is 2.95. The Balaban J connectivity index is 1.90. The van der Waals surface area contributed by atoms with Crippen molar-refractivity contribution in [3.63, 3.8) is 0 Å². The first-order valence-electron chi connectivity index (χ1n) is 7.44. The third kappa shape index (κ3) is 3.80. The van der Waals surface area contributed by atoms with E-state index in [4.69, 9.17) is 0 Å². The van der Waals surface area contributed by atoms with Gasteiger partial charge < -0.3 is 5.32 Å². The van der Waals surface area contributed by atoms with E-state index in [1.54, 1.807) is 13.8 Å². The van der Waals surface area contributed by atoms with Crippen molar-refractivity contribution in [3.05, 3.63) is 21.5 Å². The minimum absolute atomic E-state index is 0.00456. The summed E-state index contributed by atoms with van der Waals surface area (Å²) in [4.78, 5) is 22.4. The smallest absolute Gasteiger partial charge is 0.312 e. The van der Waals surface area contributed by atoms with Gasteiger partial charge in [0.25, 0.3) is 0 Å². The highest BCUT2D eigenvalue weighted by molar-refractivity contribution is 5.75. The minimum atomic E-state index is -0.450. The lowest BCUT2D eigenvalue weighted by molar-refractivity contribution is -0.386. The van der Waals surface area contributed by atoms with Crippen molar-refractivity contribution >= 4 is 11.6 Å². The maximum absolute atomic E-state index is 12.0. The van der Waals surface area contributed by atoms with Gasteiger partial charge >= 0.3 is 5.69 Å². The second-order valence-corrected chi connectivity index (χ2v) is 5.74. The molecule has 1 aromatic rings. The van der Waals surface area contributed by atoms with Gasteiger partial charge in [0.15, 0.2) is 0 Å². The van der Waals surface area contributed by atoms with Crippen LogP contribution in [-0.4, -0.2) is 27.2 Å². The molecule has 1 heterocycles. The molecule has 1 saturated carbocycles. The number of carbonyl (C=O) groups excluding carboxylic acids is 1. The van der Waals surface area contributed by atoms with E-state index in [2.05, 4.69) is 10.4 Å². The van der Waals surface area contributed by atoms with Crippen LogP contribution in [0.1, 0.15) is 43.5 Å². The lowest BCUT2D eigenvalue weighted by atomic mass is 9.89. The molecule has 116 valence electrons. The largest absolute Gasteiger partial charge is 0.354 e. The summed E-state index contributed by atoms with van der Waals surface area (Å²) in [5.74, 6) is 0.429. The number of hydrogen-bond donors (Lipinski definition) is 1. The Bertz CT molecular complexity index is 533. The molecule has 7 heteroatoms. The van der Waals surface area contributed by atoms with E-state index in [-0.39, 0.29) is 18.1 Å². The fourth-order valence-corrected chi connectivity index (χ4v) is 2.95. The Morgan fingerprint density at radius 1 is 1.38 bits per heavy atom. The zero-order valence-corrected chi connectivity index (χ0v) is 12.6. The average molecular weight is 294 g/mol. The number of nitro groups is 1. The van der Waals surface area contributed by atoms with Crippen LogP contribution in [0.5, 0.6) is 0 Å². The summed E-state index contributed by atoms with van der Waals surface area (Å²) < 4.78 is 1.41. The van der Waals surface area contributed by atoms with E-state index in [0.717, 1.165) is 0 Å². The van der Waals surface area contributed by atoms with E-state index in [9.17, 15) is 14.9 Å². The molecular weight excluding hydrogens is 272 g/mol. The first-order valence-corrected chi connectivity index (χ1v) is 7.44. The van der Waals surface area contributed by atoms with Crippen LogP contribution >= 0.6 is 0 Å². The van der Waals surface area contributed by atoms with Crippen LogP contribution in [0.4, 0.5) is 5.69 Å². The van der Waals surface area contributed by atoms with Crippen LogP contribution in [0.25, 0.3) is 0 Å². The number of nitrogens with one attached hydrogen (secondary N) is 1. The van der Waals surface area contributed by atoms with Gasteiger partial charge in [-0.3, -0.25) is 19.6 Å². The van der Waals surface area contributed by atoms with Crippen LogP contribution in [0.15, 0.2) is 0 Å². The fraction of sp³-hybridized carbons (Fsp3) is 0.714. The van der Waals surface area contributed by atoms with E-state index in [0.29, 0.717) is 23.9 Å². The average Bonchev–Trinajstić information content (AvgIpc) is 2.72. The van der Waals surface area contributed by atoms with Crippen molar-refractivity contribution in [2.24, 2.45) is 5.92 Å². The first-order chi connectivity index (χ1) is 9.99. The number of carbonyl (C=O) groups is 1. The normalized spacial score (nSPS) is 15.9. The molecule has 0 atom stereocenters. The van der Waals surface area contributed by atoms with Gasteiger partial charge in [-0.25, -0.2) is 0 Å². The molecule has 0 unspecified atom stereocenters. The second-order valence-electron chi connectivity index (χ2n) is 5.74. The first kappa shape index (κ1) is 15.5. The predicted molar refractivity (Wildman–Crippen MR) is 77.9 cm³/mol. The molecule has 1 amide bonds. The quantitative estimate of drug-likeness (QED) is 0.665. The summed E-state index contributed by atoms with van der Waals surface area (Å²) in [6.45, 7) is 3.93. The van der Waals surface area contributed by atoms with Crippen molar-refractivity contribution in [2.75, 3.05) is 6.54 Å². The molecule has 0 spiro atoms. The Labute approximate surface area is 123 Å². The Morgan fingerprint density at radius 2 is 2.05 bits per heavy atom. The van der Waals surface area contributed by atoms with Crippen LogP contribution < -0.4 is 5.32 Å². The Kier molecular flexibility index (Phi) is 4.93. The van der Waals surface area contributed by atoms with Gasteiger partial charge in [0, 0.05) is 6.54 Å². The molecule has 2 rings (SSSR count). The van der Waals surface area contributed by atoms with Gasteiger partial charge in [0.05, 0.1) is 4.92 Å². The van der Waals surface area contributed by atoms with Crippen molar-refractivity contribution < 1.29 is 9.72 Å². The van der Waals surface area contributed by atoms with E-state index < -0.39 is 4.92 Å². The minimum Gasteiger partial charge on any atom is -0.354 e. The molecule has 1 aromatic heterocycles. The summed E-state index contributed by atoms with van der Waals surface area (Å²) in [6, 6.07) is 0. The highest BCUT2D eigenvalue weighted by atomic mass is 16.6. The predicted octanol–water partition coefficient (Wildman–Crippen LogP) is 2.10. The molecule has 0 radical (unpaired) electrons. The maximum Gasteiger partial charge on any atom is 0.312 e. The number of nitrogens with zero attached hydrogens (tertiary/aromatic N) is 3. The monoisotopic (exact) mass is 294 g/mol. The van der Waals surface area contributed by atoms with Gasteiger partial charge in [-0.05, 0) is 32.6 Å². The number of amides is 1. The van der Waals surface area contributed by atoms with Gasteiger partial charge in [0.2, 0.25) is 5.91 Å². The van der Waals surface area contributed by atoms with Crippen LogP contribution in [0.2, 0.25) is 0 Å². The highest BCUT2D eigenvalue weighted by Crippen LogP contribution is 2.23. The number of aryl methyl sites for hydroxylation is 1. The van der Waals surface area contributed by atoms with Crippen LogP contribution in [0, 0.1) is 29.9 Å². The Hall–Kier alpha value is -1.92. The lowest BCUT2D eigenvalue weighted by Crippen LogP contribution is -2.33. The topological polar surface area (TPSA) is 90.1 Å². The third-order valence-corrected chi connectivity index (χ3v) is 4.13. The van der Waals surface area contributed by atoms with Gasteiger partial charge in [-0.1, -0.05) is 19.3 Å². The van der Waals surface area contributed by atoms with Crippen molar-refractivity contribution in [2.45, 2.75) is 52.5 Å². The second kappa shape index (κ2) is 6.69. The molecule has 0 bridgehead atoms. The number of hydrogen-bond acceptors (Lipinski definition) is 4. The molecule has 1 fully saturated rings. The number of rotatable bonds is 5. The molecule has 0 aliphatic heterocycles. The van der Waals surface area contributed by atoms with E-state index >= 15 is 0 Å². The molecule has 1 aliphatic carbocycles. The number of aromatic nitrogens is 2. The molecule has 21 heavy (non-hydrogen) atoms. The SMILES string of the molecule is Cc1nn(CC(=O)NCC2CCCCC2)c(C)c1[N+](=O)[O-]. The van der Waals surface area contributed by atoms with E-state index in [1.807, 2.05) is 0 Å². The van der Waals surface area contributed by atoms with E-state index in [1.165, 1.54) is 36.8 Å². The zero-order chi connectivity index (χ0) is 15.4. The van der Waals surface area contributed by atoms with Crippen molar-refractivity contribution in [1.29, 1.82) is 0 Å². The maximum atomic E-state index is 12.0. The molecule has 1 aliphatic rings. The summed E-state index contributed by atoms with van der Waals surface area (Å²) in [6.07, 6.45) is 6.12. The molecule has 0 saturated heterocycles. The van der Waals surface area contributed by atoms with Gasteiger partial charge in [0.1, 0.15) is 17.9 Å². The standard InChI is InChI=1S/C14H22N4O3/c1-10-14(18(20)21)11(2)17(16-10)9-13(19)15-8-12-6-4-3-5-7-12/h12H,3-9H2,1-2H3,(H,15,19). The molecule has 7 nitrogen and oxygen atoms in total. The molecular formula is C14H22N4O3. The summed E-state index contributed by atoms with van der Waals surface area (Å²) >= 11 is 0. The molecule has 0 aromatic carbocycles. The molecule has 1 N–H and O–H groups in total. The van der Waals surface area contributed by atoms with Crippen molar-refractivity contribution in [1.82, 2.24) is 15.1 Å². The van der Waals surface area contributed by atoms with Gasteiger partial charge in [-0.2, -0.15) is 5.10 Å². The third-order valence-electron chi connectivity index (χ3n) is 4.13. The van der Waals surface area contributed by atoms with Gasteiger partial charge in [-0.15, -0.1) is 0 Å². The summed E-state index contributed by atoms with van der Waals surface area (Å²) in [7, 11) is 0. The Morgan fingerprint density at radius 3 is 2.62 bits per heavy atom. The van der Waals surface area contributed by atoms with Crippen LogP contribution in [0.3, 0.4) is 0 Å². The highest BCUT2D eigenvalue weighted by Gasteiger charge is 2.23. The van der Waals surface area contributed by atoms with Crippen molar-refractivity contribution in [3.8, 4) is 0 Å². The van der Waals surface area contributed by atoms with Crippen LogP contribution in [-0.2, 0) is 11.3 Å². The lowest BCUT2D eigenvalue weighted by Gasteiger charge is -2.21.